The summed E-state index contributed by atoms with van der Waals surface area (Å²) in [4.78, 5) is 31.4. The Balaban J connectivity index is 1.13. The lowest BCUT2D eigenvalue weighted by molar-refractivity contribution is 0.0950. The molecule has 0 spiro atoms. The molecule has 1 saturated heterocycles. The molecule has 0 radical (unpaired) electrons. The topological polar surface area (TPSA) is 99.0 Å². The van der Waals surface area contributed by atoms with Crippen LogP contribution >= 0.6 is 11.3 Å². The summed E-state index contributed by atoms with van der Waals surface area (Å²) in [5, 5.41) is 14.6. The van der Waals surface area contributed by atoms with E-state index in [0.717, 1.165) is 36.3 Å². The molecule has 4 aromatic rings. The number of fused-ring (bicyclic) bond motifs is 3. The average molecular weight is 554 g/mol. The summed E-state index contributed by atoms with van der Waals surface area (Å²) in [5.74, 6) is -0.592. The highest BCUT2D eigenvalue weighted by atomic mass is 32.1. The Kier molecular flexibility index (Phi) is 6.72. The SMILES string of the molecule is O=C(O)NC1(c2ccc(-c3cn4c(n3)sc3cc(C(=O)NCCCN5CCC(F)CC5)ccc34)c(F)c2)CC1. The van der Waals surface area contributed by atoms with Gasteiger partial charge in [0.15, 0.2) is 4.96 Å². The minimum Gasteiger partial charge on any atom is -0.465 e. The second kappa shape index (κ2) is 10.2. The first-order valence-electron chi connectivity index (χ1n) is 13.2. The number of imidazole rings is 1. The van der Waals surface area contributed by atoms with E-state index in [9.17, 15) is 14.0 Å². The zero-order valence-corrected chi connectivity index (χ0v) is 22.1. The number of carbonyl (C=O) groups is 2. The highest BCUT2D eigenvalue weighted by Crippen LogP contribution is 2.46. The van der Waals surface area contributed by atoms with Crippen LogP contribution in [0, 0.1) is 5.82 Å². The van der Waals surface area contributed by atoms with Gasteiger partial charge >= 0.3 is 6.09 Å². The molecule has 3 N–H and O–H groups in total. The molecule has 0 bridgehead atoms. The number of thiazole rings is 1. The normalized spacial score (nSPS) is 17.5. The Hall–Kier alpha value is -3.57. The zero-order chi connectivity index (χ0) is 27.1. The molecule has 39 heavy (non-hydrogen) atoms. The van der Waals surface area contributed by atoms with Gasteiger partial charge in [-0.1, -0.05) is 17.4 Å². The number of likely N-dealkylation sites (tertiary alicyclic amines) is 1. The van der Waals surface area contributed by atoms with Crippen LogP contribution in [0.15, 0.2) is 42.6 Å². The van der Waals surface area contributed by atoms with Crippen LogP contribution < -0.4 is 10.6 Å². The smallest absolute Gasteiger partial charge is 0.405 e. The summed E-state index contributed by atoms with van der Waals surface area (Å²) >= 11 is 1.42. The van der Waals surface area contributed by atoms with E-state index >= 15 is 4.39 Å². The van der Waals surface area contributed by atoms with Crippen LogP contribution in [0.2, 0.25) is 0 Å². The molecule has 6 rings (SSSR count). The van der Waals surface area contributed by atoms with Gasteiger partial charge in [0.05, 0.1) is 21.4 Å². The molecule has 1 aliphatic carbocycles. The van der Waals surface area contributed by atoms with Crippen molar-refractivity contribution in [1.82, 2.24) is 24.9 Å². The third kappa shape index (κ3) is 5.20. The number of nitrogens with one attached hydrogen (secondary N) is 2. The second-order valence-electron chi connectivity index (χ2n) is 10.4. The van der Waals surface area contributed by atoms with Crippen LogP contribution in [0.25, 0.3) is 26.4 Å². The summed E-state index contributed by atoms with van der Waals surface area (Å²) in [5.41, 5.74) is 2.19. The molecule has 0 atom stereocenters. The van der Waals surface area contributed by atoms with Crippen LogP contribution in [0.4, 0.5) is 13.6 Å². The van der Waals surface area contributed by atoms with E-state index in [1.807, 2.05) is 16.5 Å². The first kappa shape index (κ1) is 25.7. The molecule has 11 heteroatoms. The molecule has 2 amide bonds. The standard InChI is InChI=1S/C28H29F2N5O3S/c29-19-6-12-34(13-7-19)11-1-10-31-25(36)17-2-5-23-24(14-17)39-26-32-22(16-35(23)26)20-4-3-18(15-21(20)30)28(8-9-28)33-27(37)38/h2-5,14-16,19,33H,1,6-13H2,(H,31,36)(H,37,38). The molecule has 2 aliphatic rings. The van der Waals surface area contributed by atoms with Gasteiger partial charge in [0.25, 0.3) is 5.91 Å². The third-order valence-electron chi connectivity index (χ3n) is 7.70. The highest BCUT2D eigenvalue weighted by Gasteiger charge is 2.46. The fraction of sp³-hybridized carbons (Fsp3) is 0.393. The van der Waals surface area contributed by atoms with Crippen LogP contribution in [0.1, 0.15) is 48.0 Å². The Bertz CT molecular complexity index is 1560. The number of carbonyl (C=O) groups excluding carboxylic acids is 1. The van der Waals surface area contributed by atoms with Gasteiger partial charge in [0.2, 0.25) is 0 Å². The molecule has 1 aliphatic heterocycles. The number of aromatic nitrogens is 2. The number of piperidine rings is 1. The molecule has 3 heterocycles. The molecule has 2 fully saturated rings. The lowest BCUT2D eigenvalue weighted by Crippen LogP contribution is -2.36. The molecule has 2 aromatic heterocycles. The number of carboxylic acid groups (broad SMARTS) is 1. The Morgan fingerprint density at radius 2 is 1.95 bits per heavy atom. The van der Waals surface area contributed by atoms with E-state index in [2.05, 4.69) is 20.5 Å². The van der Waals surface area contributed by atoms with Crippen LogP contribution in [0.5, 0.6) is 0 Å². The summed E-state index contributed by atoms with van der Waals surface area (Å²) < 4.78 is 31.1. The van der Waals surface area contributed by atoms with Crippen molar-refractivity contribution < 1.29 is 23.5 Å². The van der Waals surface area contributed by atoms with E-state index in [1.54, 1.807) is 24.4 Å². The van der Waals surface area contributed by atoms with Gasteiger partial charge < -0.3 is 20.6 Å². The van der Waals surface area contributed by atoms with Crippen molar-refractivity contribution in [1.29, 1.82) is 0 Å². The Morgan fingerprint density at radius 3 is 2.67 bits per heavy atom. The predicted molar refractivity (Wildman–Crippen MR) is 146 cm³/mol. The van der Waals surface area contributed by atoms with Crippen LogP contribution in [-0.4, -0.2) is 63.7 Å². The number of hydrogen-bond acceptors (Lipinski definition) is 5. The fourth-order valence-electron chi connectivity index (χ4n) is 5.34. The largest absolute Gasteiger partial charge is 0.465 e. The number of halogens is 2. The van der Waals surface area contributed by atoms with Gasteiger partial charge in [0.1, 0.15) is 12.0 Å². The molecular formula is C28H29F2N5O3S. The number of nitrogens with zero attached hydrogens (tertiary/aromatic N) is 3. The average Bonchev–Trinajstić information content (AvgIpc) is 3.44. The quantitative estimate of drug-likeness (QED) is 0.262. The molecule has 0 unspecified atom stereocenters. The van der Waals surface area contributed by atoms with Gasteiger partial charge in [-0.25, -0.2) is 18.6 Å². The van der Waals surface area contributed by atoms with E-state index in [4.69, 9.17) is 5.11 Å². The Labute approximate surface area is 227 Å². The monoisotopic (exact) mass is 553 g/mol. The third-order valence-corrected chi connectivity index (χ3v) is 8.72. The van der Waals surface area contributed by atoms with Gasteiger partial charge in [-0.2, -0.15) is 0 Å². The first-order chi connectivity index (χ1) is 18.8. The van der Waals surface area contributed by atoms with Crippen molar-refractivity contribution in [2.24, 2.45) is 0 Å². The Morgan fingerprint density at radius 1 is 1.15 bits per heavy atom. The maximum absolute atomic E-state index is 15.1. The lowest BCUT2D eigenvalue weighted by atomic mass is 10.0. The fourth-order valence-corrected chi connectivity index (χ4v) is 6.39. The van der Waals surface area contributed by atoms with Crippen molar-refractivity contribution in [2.75, 3.05) is 26.2 Å². The number of hydrogen-bond donors (Lipinski definition) is 3. The second-order valence-corrected chi connectivity index (χ2v) is 11.4. The maximum Gasteiger partial charge on any atom is 0.405 e. The predicted octanol–water partition coefficient (Wildman–Crippen LogP) is 5.17. The van der Waals surface area contributed by atoms with Crippen molar-refractivity contribution in [3.05, 3.63) is 59.5 Å². The van der Waals surface area contributed by atoms with Gasteiger partial charge in [-0.3, -0.25) is 9.20 Å². The number of alkyl halides is 1. The summed E-state index contributed by atoms with van der Waals surface area (Å²) in [6, 6.07) is 10.3. The summed E-state index contributed by atoms with van der Waals surface area (Å²) in [6.45, 7) is 2.95. The van der Waals surface area contributed by atoms with Crippen LogP contribution in [0.3, 0.4) is 0 Å². The minimum absolute atomic E-state index is 0.140. The van der Waals surface area contributed by atoms with Gasteiger partial charge in [0, 0.05) is 37.0 Å². The first-order valence-corrected chi connectivity index (χ1v) is 14.0. The molecule has 8 nitrogen and oxygen atoms in total. The van der Waals surface area contributed by atoms with Crippen molar-refractivity contribution in [2.45, 2.75) is 43.8 Å². The molecule has 204 valence electrons. The van der Waals surface area contributed by atoms with Gasteiger partial charge in [-0.15, -0.1) is 0 Å². The lowest BCUT2D eigenvalue weighted by Gasteiger charge is -2.28. The maximum atomic E-state index is 15.1. The number of rotatable bonds is 8. The molecular weight excluding hydrogens is 524 g/mol. The van der Waals surface area contributed by atoms with E-state index < -0.39 is 23.6 Å². The van der Waals surface area contributed by atoms with E-state index in [1.165, 1.54) is 17.4 Å². The van der Waals surface area contributed by atoms with Crippen LogP contribution in [-0.2, 0) is 5.54 Å². The van der Waals surface area contributed by atoms with Gasteiger partial charge in [-0.05, 0) is 74.5 Å². The van der Waals surface area contributed by atoms with Crippen molar-refractivity contribution in [3.8, 4) is 11.3 Å². The highest BCUT2D eigenvalue weighted by molar-refractivity contribution is 7.23. The van der Waals surface area contributed by atoms with Crippen molar-refractivity contribution >= 4 is 38.5 Å². The summed E-state index contributed by atoms with van der Waals surface area (Å²) in [6.07, 6.45) is 3.26. The summed E-state index contributed by atoms with van der Waals surface area (Å²) in [7, 11) is 0. The van der Waals surface area contributed by atoms with Crippen molar-refractivity contribution in [3.63, 3.8) is 0 Å². The number of benzene rings is 2. The number of amides is 2. The zero-order valence-electron chi connectivity index (χ0n) is 21.3. The molecule has 2 aromatic carbocycles. The minimum atomic E-state index is -1.12. The van der Waals surface area contributed by atoms with E-state index in [0.29, 0.717) is 59.6 Å². The molecule has 1 saturated carbocycles. The van der Waals surface area contributed by atoms with E-state index in [-0.39, 0.29) is 5.91 Å².